The average Bonchev–Trinajstić information content (AvgIpc) is 3.10. The highest BCUT2D eigenvalue weighted by Gasteiger charge is 2.42. The number of ether oxygens (including phenoxy) is 1. The number of hydrogen-bond donors (Lipinski definition) is 1. The first-order valence-corrected chi connectivity index (χ1v) is 7.03. The molecule has 18 heavy (non-hydrogen) atoms. The van der Waals surface area contributed by atoms with Crippen LogP contribution in [0.5, 0.6) is 0 Å². The van der Waals surface area contributed by atoms with E-state index in [-0.39, 0.29) is 0 Å². The Morgan fingerprint density at radius 2 is 1.94 bits per heavy atom. The zero-order chi connectivity index (χ0) is 12.8. The summed E-state index contributed by atoms with van der Waals surface area (Å²) in [6, 6.07) is 10.4. The summed E-state index contributed by atoms with van der Waals surface area (Å²) in [6.07, 6.45) is 2.62. The lowest BCUT2D eigenvalue weighted by atomic mass is 10.1. The zero-order valence-corrected chi connectivity index (χ0v) is 11.6. The molecule has 0 unspecified atom stereocenters. The summed E-state index contributed by atoms with van der Waals surface area (Å²) in [5, 5.41) is 3.56. The topological polar surface area (TPSA) is 21.3 Å². The number of nitrogens with one attached hydrogen (secondary N) is 1. The van der Waals surface area contributed by atoms with E-state index in [1.54, 1.807) is 0 Å². The molecule has 0 spiro atoms. The normalized spacial score (nSPS) is 17.1. The lowest BCUT2D eigenvalue weighted by Gasteiger charge is -2.17. The molecule has 0 aromatic heterocycles. The molecule has 1 N–H and O–H groups in total. The van der Waals surface area contributed by atoms with Gasteiger partial charge in [0.15, 0.2) is 0 Å². The molecule has 0 aliphatic heterocycles. The molecule has 1 aromatic rings. The molecule has 2 heteroatoms. The summed E-state index contributed by atoms with van der Waals surface area (Å²) in [4.78, 5) is 0. The lowest BCUT2D eigenvalue weighted by molar-refractivity contribution is 0.0775. The van der Waals surface area contributed by atoms with Crippen LogP contribution in [0.4, 0.5) is 0 Å². The fourth-order valence-corrected chi connectivity index (χ4v) is 2.13. The number of benzene rings is 1. The van der Waals surface area contributed by atoms with Crippen LogP contribution in [0.2, 0.25) is 0 Å². The first-order chi connectivity index (χ1) is 8.70. The second-order valence-corrected chi connectivity index (χ2v) is 6.00. The molecule has 1 aliphatic rings. The van der Waals surface area contributed by atoms with Crippen LogP contribution in [0.25, 0.3) is 0 Å². The molecule has 0 atom stereocenters. The van der Waals surface area contributed by atoms with Crippen molar-refractivity contribution in [3.63, 3.8) is 0 Å². The minimum Gasteiger partial charge on any atom is -0.376 e. The van der Waals surface area contributed by atoms with Crippen LogP contribution < -0.4 is 5.32 Å². The van der Waals surface area contributed by atoms with Gasteiger partial charge in [-0.05, 0) is 30.9 Å². The molecular formula is C16H25NO. The fourth-order valence-electron chi connectivity index (χ4n) is 2.13. The van der Waals surface area contributed by atoms with Crippen molar-refractivity contribution < 1.29 is 4.74 Å². The monoisotopic (exact) mass is 247 g/mol. The van der Waals surface area contributed by atoms with Crippen molar-refractivity contribution >= 4 is 0 Å². The SMILES string of the molecule is CC(C)CNCC1(COCc2ccccc2)CC1. The Hall–Kier alpha value is -0.860. The van der Waals surface area contributed by atoms with Crippen molar-refractivity contribution in [3.05, 3.63) is 35.9 Å². The van der Waals surface area contributed by atoms with E-state index in [0.717, 1.165) is 32.2 Å². The predicted octanol–water partition coefficient (Wildman–Crippen LogP) is 3.23. The molecule has 1 fully saturated rings. The maximum absolute atomic E-state index is 5.86. The van der Waals surface area contributed by atoms with Crippen molar-refractivity contribution in [3.8, 4) is 0 Å². The van der Waals surface area contributed by atoms with Gasteiger partial charge in [0.2, 0.25) is 0 Å². The molecule has 0 saturated heterocycles. The second kappa shape index (κ2) is 6.35. The highest BCUT2D eigenvalue weighted by molar-refractivity contribution is 5.13. The van der Waals surface area contributed by atoms with Gasteiger partial charge in [-0.25, -0.2) is 0 Å². The van der Waals surface area contributed by atoms with Crippen LogP contribution in [0.1, 0.15) is 32.3 Å². The van der Waals surface area contributed by atoms with E-state index in [2.05, 4.69) is 43.4 Å². The molecule has 0 radical (unpaired) electrons. The van der Waals surface area contributed by atoms with Crippen molar-refractivity contribution in [1.82, 2.24) is 5.32 Å². The minimum atomic E-state index is 0.434. The standard InChI is InChI=1S/C16H25NO/c1-14(2)10-17-12-16(8-9-16)13-18-11-15-6-4-3-5-7-15/h3-7,14,17H,8-13H2,1-2H3. The molecular weight excluding hydrogens is 222 g/mol. The Balaban J connectivity index is 1.64. The fraction of sp³-hybridized carbons (Fsp3) is 0.625. The second-order valence-electron chi connectivity index (χ2n) is 6.00. The molecule has 1 aromatic carbocycles. The highest BCUT2D eigenvalue weighted by atomic mass is 16.5. The summed E-state index contributed by atoms with van der Waals surface area (Å²) < 4.78 is 5.86. The summed E-state index contributed by atoms with van der Waals surface area (Å²) in [5.41, 5.74) is 1.70. The quantitative estimate of drug-likeness (QED) is 0.761. The van der Waals surface area contributed by atoms with Gasteiger partial charge in [0.25, 0.3) is 0 Å². The van der Waals surface area contributed by atoms with Crippen LogP contribution in [-0.4, -0.2) is 19.7 Å². The van der Waals surface area contributed by atoms with Gasteiger partial charge in [-0.3, -0.25) is 0 Å². The van der Waals surface area contributed by atoms with Gasteiger partial charge in [0.05, 0.1) is 13.2 Å². The van der Waals surface area contributed by atoms with Crippen molar-refractivity contribution in [2.24, 2.45) is 11.3 Å². The van der Waals surface area contributed by atoms with Crippen molar-refractivity contribution in [1.29, 1.82) is 0 Å². The van der Waals surface area contributed by atoms with Crippen LogP contribution in [0.15, 0.2) is 30.3 Å². The van der Waals surface area contributed by atoms with Crippen LogP contribution in [-0.2, 0) is 11.3 Å². The van der Waals surface area contributed by atoms with Crippen LogP contribution in [0.3, 0.4) is 0 Å². The van der Waals surface area contributed by atoms with Crippen LogP contribution in [0, 0.1) is 11.3 Å². The Bertz CT molecular complexity index is 343. The molecule has 2 rings (SSSR count). The summed E-state index contributed by atoms with van der Waals surface area (Å²) in [5.74, 6) is 0.728. The van der Waals surface area contributed by atoms with E-state index in [9.17, 15) is 0 Å². The van der Waals surface area contributed by atoms with E-state index < -0.39 is 0 Å². The molecule has 0 bridgehead atoms. The van der Waals surface area contributed by atoms with Crippen LogP contribution >= 0.6 is 0 Å². The highest BCUT2D eigenvalue weighted by Crippen LogP contribution is 2.45. The Kier molecular flexibility index (Phi) is 4.79. The van der Waals surface area contributed by atoms with Gasteiger partial charge < -0.3 is 10.1 Å². The maximum atomic E-state index is 5.86. The van der Waals surface area contributed by atoms with Gasteiger partial charge in [-0.15, -0.1) is 0 Å². The number of hydrogen-bond acceptors (Lipinski definition) is 2. The van der Waals surface area contributed by atoms with Crippen molar-refractivity contribution in [2.45, 2.75) is 33.3 Å². The Morgan fingerprint density at radius 1 is 1.22 bits per heavy atom. The molecule has 0 heterocycles. The average molecular weight is 247 g/mol. The summed E-state index contributed by atoms with van der Waals surface area (Å²) in [6.45, 7) is 8.36. The largest absolute Gasteiger partial charge is 0.376 e. The minimum absolute atomic E-state index is 0.434. The molecule has 1 aliphatic carbocycles. The zero-order valence-electron chi connectivity index (χ0n) is 11.6. The molecule has 100 valence electrons. The lowest BCUT2D eigenvalue weighted by Crippen LogP contribution is -2.30. The molecule has 1 saturated carbocycles. The predicted molar refractivity (Wildman–Crippen MR) is 75.5 cm³/mol. The third-order valence-electron chi connectivity index (χ3n) is 3.53. The molecule has 2 nitrogen and oxygen atoms in total. The first-order valence-electron chi connectivity index (χ1n) is 7.03. The number of rotatable bonds is 8. The third kappa shape index (κ3) is 4.43. The van der Waals surface area contributed by atoms with E-state index in [1.165, 1.54) is 18.4 Å². The summed E-state index contributed by atoms with van der Waals surface area (Å²) >= 11 is 0. The third-order valence-corrected chi connectivity index (χ3v) is 3.53. The molecule has 0 amide bonds. The maximum Gasteiger partial charge on any atom is 0.0717 e. The Morgan fingerprint density at radius 3 is 2.56 bits per heavy atom. The Labute approximate surface area is 111 Å². The van der Waals surface area contributed by atoms with E-state index >= 15 is 0 Å². The van der Waals surface area contributed by atoms with E-state index in [1.807, 2.05) is 6.07 Å². The van der Waals surface area contributed by atoms with Gasteiger partial charge in [-0.2, -0.15) is 0 Å². The van der Waals surface area contributed by atoms with Gasteiger partial charge >= 0.3 is 0 Å². The van der Waals surface area contributed by atoms with Gasteiger partial charge in [0.1, 0.15) is 0 Å². The smallest absolute Gasteiger partial charge is 0.0717 e. The van der Waals surface area contributed by atoms with Gasteiger partial charge in [0, 0.05) is 12.0 Å². The summed E-state index contributed by atoms with van der Waals surface area (Å²) in [7, 11) is 0. The van der Waals surface area contributed by atoms with E-state index in [0.29, 0.717) is 5.41 Å². The van der Waals surface area contributed by atoms with Gasteiger partial charge in [-0.1, -0.05) is 44.2 Å². The van der Waals surface area contributed by atoms with Crippen molar-refractivity contribution in [2.75, 3.05) is 19.7 Å². The first kappa shape index (κ1) is 13.6. The van der Waals surface area contributed by atoms with E-state index in [4.69, 9.17) is 4.74 Å².